The van der Waals surface area contributed by atoms with Gasteiger partial charge in [0.05, 0.1) is 0 Å². The number of carbonyl (C=O) groups is 2. The molecule has 0 aromatic heterocycles. The van der Waals surface area contributed by atoms with Crippen LogP contribution in [0, 0.1) is 6.92 Å². The molecule has 184 valence electrons. The summed E-state index contributed by atoms with van der Waals surface area (Å²) in [5.74, 6) is 0.562. The second-order valence-electron chi connectivity index (χ2n) is 8.94. The Bertz CT molecular complexity index is 1050. The highest BCUT2D eigenvalue weighted by atomic mass is 32.2. The van der Waals surface area contributed by atoms with Crippen molar-refractivity contribution in [3.63, 3.8) is 0 Å². The van der Waals surface area contributed by atoms with Crippen molar-refractivity contribution < 1.29 is 9.59 Å². The molecule has 0 bridgehead atoms. The molecule has 3 rings (SSSR count). The maximum atomic E-state index is 13.6. The van der Waals surface area contributed by atoms with Gasteiger partial charge in [0.1, 0.15) is 6.04 Å². The van der Waals surface area contributed by atoms with Gasteiger partial charge >= 0.3 is 0 Å². The van der Waals surface area contributed by atoms with Gasteiger partial charge in [-0.3, -0.25) is 9.59 Å². The van der Waals surface area contributed by atoms with Crippen LogP contribution in [0.3, 0.4) is 0 Å². The maximum Gasteiger partial charge on any atom is 0.243 e. The number of thioether (sulfide) groups is 1. The van der Waals surface area contributed by atoms with Crippen molar-refractivity contribution in [2.24, 2.45) is 0 Å². The summed E-state index contributed by atoms with van der Waals surface area (Å²) in [6, 6.07) is 27.7. The van der Waals surface area contributed by atoms with Gasteiger partial charge in [-0.25, -0.2) is 0 Å². The van der Waals surface area contributed by atoms with Crippen LogP contribution in [-0.2, 0) is 22.6 Å². The van der Waals surface area contributed by atoms with Crippen LogP contribution in [0.25, 0.3) is 0 Å². The Morgan fingerprint density at radius 1 is 0.886 bits per heavy atom. The highest BCUT2D eigenvalue weighted by molar-refractivity contribution is 7.99. The van der Waals surface area contributed by atoms with Gasteiger partial charge in [0.25, 0.3) is 0 Å². The van der Waals surface area contributed by atoms with E-state index < -0.39 is 6.04 Å². The number of nitrogens with zero attached hydrogens (tertiary/aromatic N) is 1. The molecule has 3 aromatic rings. The molecule has 35 heavy (non-hydrogen) atoms. The van der Waals surface area contributed by atoms with Crippen LogP contribution in [0.4, 0.5) is 0 Å². The molecule has 3 aromatic carbocycles. The largest absolute Gasteiger partial charge is 0.352 e. The number of nitrogens with one attached hydrogen (secondary N) is 1. The lowest BCUT2D eigenvalue weighted by Crippen LogP contribution is -2.52. The molecule has 4 nitrogen and oxygen atoms in total. The Labute approximate surface area is 214 Å². The van der Waals surface area contributed by atoms with E-state index in [0.29, 0.717) is 25.1 Å². The Kier molecular flexibility index (Phi) is 10.4. The van der Waals surface area contributed by atoms with Crippen molar-refractivity contribution in [3.8, 4) is 0 Å². The summed E-state index contributed by atoms with van der Waals surface area (Å²) < 4.78 is 0. The van der Waals surface area contributed by atoms with E-state index >= 15 is 0 Å². The first kappa shape index (κ1) is 26.6. The molecule has 5 heteroatoms. The van der Waals surface area contributed by atoms with Gasteiger partial charge in [-0.15, -0.1) is 11.8 Å². The quantitative estimate of drug-likeness (QED) is 0.317. The van der Waals surface area contributed by atoms with Gasteiger partial charge in [-0.1, -0.05) is 85.3 Å². The van der Waals surface area contributed by atoms with Crippen molar-refractivity contribution in [1.29, 1.82) is 0 Å². The molecule has 0 aliphatic rings. The van der Waals surface area contributed by atoms with Crippen molar-refractivity contribution in [2.45, 2.75) is 63.6 Å². The number of hydrogen-bond acceptors (Lipinski definition) is 3. The normalized spacial score (nSPS) is 12.5. The smallest absolute Gasteiger partial charge is 0.243 e. The average Bonchev–Trinajstić information content (AvgIpc) is 2.88. The molecule has 0 saturated carbocycles. The lowest BCUT2D eigenvalue weighted by molar-refractivity contribution is -0.141. The minimum Gasteiger partial charge on any atom is -0.352 e. The van der Waals surface area contributed by atoms with Crippen LogP contribution in [0.1, 0.15) is 43.4 Å². The highest BCUT2D eigenvalue weighted by Gasteiger charge is 2.30. The molecule has 0 spiro atoms. The monoisotopic (exact) mass is 488 g/mol. The number of aryl methyl sites for hydroxylation is 1. The van der Waals surface area contributed by atoms with Crippen LogP contribution < -0.4 is 5.32 Å². The van der Waals surface area contributed by atoms with Crippen molar-refractivity contribution in [3.05, 3.63) is 102 Å². The number of carbonyl (C=O) groups excluding carboxylic acids is 2. The lowest BCUT2D eigenvalue weighted by Gasteiger charge is -2.32. The van der Waals surface area contributed by atoms with E-state index in [1.807, 2.05) is 81.4 Å². The standard InChI is InChI=1S/C30H36N2O2S/c1-4-24(3)31-30(34)28(21-25-11-7-5-8-12-25)32(22-26-17-15-23(2)16-18-26)29(33)19-20-35-27-13-9-6-10-14-27/h5-18,24,28H,4,19-22H2,1-3H3,(H,31,34)/t24-,28-/m0/s1. The molecule has 0 aliphatic carbocycles. The average molecular weight is 489 g/mol. The van der Waals surface area contributed by atoms with E-state index in [2.05, 4.69) is 29.6 Å². The molecule has 0 saturated heterocycles. The third-order valence-electron chi connectivity index (χ3n) is 6.07. The van der Waals surface area contributed by atoms with Gasteiger partial charge in [-0.05, 0) is 43.5 Å². The predicted octanol–water partition coefficient (Wildman–Crippen LogP) is 6.03. The van der Waals surface area contributed by atoms with Crippen LogP contribution >= 0.6 is 11.8 Å². The second kappa shape index (κ2) is 13.7. The van der Waals surface area contributed by atoms with Gasteiger partial charge in [0.2, 0.25) is 11.8 Å². The predicted molar refractivity (Wildman–Crippen MR) is 145 cm³/mol. The van der Waals surface area contributed by atoms with Crippen molar-refractivity contribution >= 4 is 23.6 Å². The zero-order chi connectivity index (χ0) is 25.0. The highest BCUT2D eigenvalue weighted by Crippen LogP contribution is 2.21. The molecule has 2 amide bonds. The number of hydrogen-bond donors (Lipinski definition) is 1. The first-order valence-electron chi connectivity index (χ1n) is 12.3. The first-order chi connectivity index (χ1) is 17.0. The third-order valence-corrected chi connectivity index (χ3v) is 7.09. The van der Waals surface area contributed by atoms with E-state index in [9.17, 15) is 9.59 Å². The van der Waals surface area contributed by atoms with Gasteiger partial charge in [0, 0.05) is 36.1 Å². The van der Waals surface area contributed by atoms with Gasteiger partial charge in [-0.2, -0.15) is 0 Å². The summed E-state index contributed by atoms with van der Waals surface area (Å²) in [4.78, 5) is 30.0. The fraction of sp³-hybridized carbons (Fsp3) is 0.333. The summed E-state index contributed by atoms with van der Waals surface area (Å²) in [6.07, 6.45) is 1.68. The summed E-state index contributed by atoms with van der Waals surface area (Å²) >= 11 is 1.66. The number of amides is 2. The molecule has 0 heterocycles. The van der Waals surface area contributed by atoms with Gasteiger partial charge in [0.15, 0.2) is 0 Å². The van der Waals surface area contributed by atoms with Crippen LogP contribution in [-0.4, -0.2) is 34.6 Å². The maximum absolute atomic E-state index is 13.6. The summed E-state index contributed by atoms with van der Waals surface area (Å²) in [5, 5.41) is 3.12. The molecule has 0 unspecified atom stereocenters. The van der Waals surface area contributed by atoms with E-state index in [1.165, 1.54) is 5.56 Å². The number of rotatable bonds is 12. The molecular weight excluding hydrogens is 452 g/mol. The molecule has 2 atom stereocenters. The van der Waals surface area contributed by atoms with Crippen LogP contribution in [0.2, 0.25) is 0 Å². The molecule has 0 fully saturated rings. The third kappa shape index (κ3) is 8.59. The Balaban J connectivity index is 1.85. The van der Waals surface area contributed by atoms with Gasteiger partial charge < -0.3 is 10.2 Å². The summed E-state index contributed by atoms with van der Waals surface area (Å²) in [6.45, 7) is 6.50. The van der Waals surface area contributed by atoms with Crippen LogP contribution in [0.5, 0.6) is 0 Å². The lowest BCUT2D eigenvalue weighted by atomic mass is 10.0. The second-order valence-corrected chi connectivity index (χ2v) is 10.1. The SMILES string of the molecule is CC[C@H](C)NC(=O)[C@H](Cc1ccccc1)N(Cc1ccc(C)cc1)C(=O)CCSc1ccccc1. The molecule has 0 radical (unpaired) electrons. The Hall–Kier alpha value is -3.05. The fourth-order valence-corrected chi connectivity index (χ4v) is 4.66. The zero-order valence-corrected chi connectivity index (χ0v) is 21.8. The Morgan fingerprint density at radius 2 is 1.51 bits per heavy atom. The van der Waals surface area contributed by atoms with E-state index in [4.69, 9.17) is 0 Å². The first-order valence-corrected chi connectivity index (χ1v) is 13.3. The zero-order valence-electron chi connectivity index (χ0n) is 20.9. The molecule has 0 aliphatic heterocycles. The minimum atomic E-state index is -0.582. The Morgan fingerprint density at radius 3 is 2.14 bits per heavy atom. The summed E-state index contributed by atoms with van der Waals surface area (Å²) in [7, 11) is 0. The fourth-order valence-electron chi connectivity index (χ4n) is 3.80. The van der Waals surface area contributed by atoms with Crippen molar-refractivity contribution in [2.75, 3.05) is 5.75 Å². The van der Waals surface area contributed by atoms with E-state index in [0.717, 1.165) is 22.4 Å². The van der Waals surface area contributed by atoms with E-state index in [-0.39, 0.29) is 17.9 Å². The topological polar surface area (TPSA) is 49.4 Å². The van der Waals surface area contributed by atoms with Crippen LogP contribution in [0.15, 0.2) is 89.8 Å². The van der Waals surface area contributed by atoms with E-state index in [1.54, 1.807) is 16.7 Å². The van der Waals surface area contributed by atoms with Crippen molar-refractivity contribution in [1.82, 2.24) is 10.2 Å². The summed E-state index contributed by atoms with van der Waals surface area (Å²) in [5.41, 5.74) is 3.23. The molecular formula is C30H36N2O2S. The molecule has 1 N–H and O–H groups in total. The number of benzene rings is 3. The minimum absolute atomic E-state index is 0.00533.